The molecule has 1 aliphatic rings. The maximum Gasteiger partial charge on any atom is 0.225 e. The predicted molar refractivity (Wildman–Crippen MR) is 59.0 cm³/mol. The van der Waals surface area contributed by atoms with Crippen LogP contribution in [0.2, 0.25) is 0 Å². The van der Waals surface area contributed by atoms with E-state index in [-0.39, 0.29) is 11.3 Å². The van der Waals surface area contributed by atoms with Crippen molar-refractivity contribution >= 4 is 5.91 Å². The van der Waals surface area contributed by atoms with Crippen LogP contribution < -0.4 is 5.32 Å². The SMILES string of the molecule is CNC(=O)C1(C)CCCC(C)(C)CC1. The van der Waals surface area contributed by atoms with Crippen LogP contribution >= 0.6 is 0 Å². The number of carbonyl (C=O) groups is 1. The van der Waals surface area contributed by atoms with Gasteiger partial charge >= 0.3 is 0 Å². The van der Waals surface area contributed by atoms with E-state index in [9.17, 15) is 4.79 Å². The van der Waals surface area contributed by atoms with E-state index in [1.807, 2.05) is 0 Å². The van der Waals surface area contributed by atoms with Crippen molar-refractivity contribution in [3.05, 3.63) is 0 Å². The molecule has 1 fully saturated rings. The molecular formula is C12H23NO. The van der Waals surface area contributed by atoms with E-state index < -0.39 is 0 Å². The van der Waals surface area contributed by atoms with E-state index >= 15 is 0 Å². The average Bonchev–Trinajstić information content (AvgIpc) is 2.26. The smallest absolute Gasteiger partial charge is 0.225 e. The van der Waals surface area contributed by atoms with Crippen molar-refractivity contribution in [3.63, 3.8) is 0 Å². The Morgan fingerprint density at radius 1 is 1.07 bits per heavy atom. The Morgan fingerprint density at radius 3 is 2.29 bits per heavy atom. The van der Waals surface area contributed by atoms with Crippen molar-refractivity contribution in [1.82, 2.24) is 5.32 Å². The molecule has 1 saturated carbocycles. The number of amides is 1. The third-order valence-corrected chi connectivity index (χ3v) is 3.71. The second-order valence-corrected chi connectivity index (χ2v) is 5.66. The van der Waals surface area contributed by atoms with E-state index in [0.29, 0.717) is 5.41 Å². The molecule has 1 atom stereocenters. The van der Waals surface area contributed by atoms with Gasteiger partial charge < -0.3 is 5.32 Å². The predicted octanol–water partition coefficient (Wildman–Crippen LogP) is 2.73. The van der Waals surface area contributed by atoms with Gasteiger partial charge in [-0.2, -0.15) is 0 Å². The fourth-order valence-electron chi connectivity index (χ4n) is 2.35. The van der Waals surface area contributed by atoms with Crippen LogP contribution in [-0.4, -0.2) is 13.0 Å². The number of carbonyl (C=O) groups excluding carboxylic acids is 1. The first-order chi connectivity index (χ1) is 6.40. The summed E-state index contributed by atoms with van der Waals surface area (Å²) in [5, 5.41) is 2.79. The number of hydrogen-bond donors (Lipinski definition) is 1. The molecule has 0 aromatic carbocycles. The van der Waals surface area contributed by atoms with Gasteiger partial charge in [-0.05, 0) is 31.1 Å². The lowest BCUT2D eigenvalue weighted by molar-refractivity contribution is -0.130. The monoisotopic (exact) mass is 197 g/mol. The highest BCUT2D eigenvalue weighted by molar-refractivity contribution is 5.81. The summed E-state index contributed by atoms with van der Waals surface area (Å²) in [5.41, 5.74) is 0.300. The minimum atomic E-state index is -0.122. The molecule has 0 radical (unpaired) electrons. The van der Waals surface area contributed by atoms with Gasteiger partial charge in [0.1, 0.15) is 0 Å². The van der Waals surface area contributed by atoms with E-state index in [2.05, 4.69) is 26.1 Å². The van der Waals surface area contributed by atoms with Gasteiger partial charge in [0, 0.05) is 12.5 Å². The molecule has 0 spiro atoms. The molecule has 1 N–H and O–H groups in total. The minimum absolute atomic E-state index is 0.122. The van der Waals surface area contributed by atoms with Crippen LogP contribution in [0, 0.1) is 10.8 Å². The Balaban J connectivity index is 2.69. The highest BCUT2D eigenvalue weighted by Gasteiger charge is 2.36. The molecule has 0 heterocycles. The largest absolute Gasteiger partial charge is 0.359 e. The topological polar surface area (TPSA) is 29.1 Å². The molecule has 0 aliphatic heterocycles. The van der Waals surface area contributed by atoms with Gasteiger partial charge in [-0.1, -0.05) is 27.2 Å². The third kappa shape index (κ3) is 2.49. The van der Waals surface area contributed by atoms with Crippen molar-refractivity contribution in [2.45, 2.75) is 52.9 Å². The summed E-state index contributed by atoms with van der Waals surface area (Å²) in [6.07, 6.45) is 5.66. The lowest BCUT2D eigenvalue weighted by Crippen LogP contribution is -2.36. The summed E-state index contributed by atoms with van der Waals surface area (Å²) < 4.78 is 0. The van der Waals surface area contributed by atoms with E-state index in [0.717, 1.165) is 19.3 Å². The van der Waals surface area contributed by atoms with E-state index in [1.54, 1.807) is 7.05 Å². The summed E-state index contributed by atoms with van der Waals surface area (Å²) >= 11 is 0. The fourth-order valence-corrected chi connectivity index (χ4v) is 2.35. The molecular weight excluding hydrogens is 174 g/mol. The Bertz CT molecular complexity index is 222. The molecule has 2 heteroatoms. The number of hydrogen-bond acceptors (Lipinski definition) is 1. The minimum Gasteiger partial charge on any atom is -0.359 e. The zero-order valence-corrected chi connectivity index (χ0v) is 9.94. The molecule has 2 nitrogen and oxygen atoms in total. The van der Waals surface area contributed by atoms with Crippen LogP contribution in [0.3, 0.4) is 0 Å². The average molecular weight is 197 g/mol. The van der Waals surface area contributed by atoms with E-state index in [1.165, 1.54) is 12.8 Å². The fraction of sp³-hybridized carbons (Fsp3) is 0.917. The summed E-state index contributed by atoms with van der Waals surface area (Å²) in [6.45, 7) is 6.72. The molecule has 0 saturated heterocycles. The highest BCUT2D eigenvalue weighted by Crippen LogP contribution is 2.42. The molecule has 14 heavy (non-hydrogen) atoms. The summed E-state index contributed by atoms with van der Waals surface area (Å²) in [6, 6.07) is 0. The van der Waals surface area contributed by atoms with Gasteiger partial charge in [-0.15, -0.1) is 0 Å². The van der Waals surface area contributed by atoms with Gasteiger partial charge in [0.05, 0.1) is 0 Å². The van der Waals surface area contributed by atoms with Crippen LogP contribution in [0.4, 0.5) is 0 Å². The number of rotatable bonds is 1. The maximum atomic E-state index is 11.7. The first kappa shape index (κ1) is 11.5. The second kappa shape index (κ2) is 3.92. The molecule has 82 valence electrons. The Morgan fingerprint density at radius 2 is 1.71 bits per heavy atom. The molecule has 1 unspecified atom stereocenters. The molecule has 0 aromatic heterocycles. The number of nitrogens with one attached hydrogen (secondary N) is 1. The Kier molecular flexibility index (Phi) is 3.23. The second-order valence-electron chi connectivity index (χ2n) is 5.66. The van der Waals surface area contributed by atoms with Crippen molar-refractivity contribution < 1.29 is 4.79 Å². The summed E-state index contributed by atoms with van der Waals surface area (Å²) in [4.78, 5) is 11.7. The maximum absolute atomic E-state index is 11.7. The van der Waals surface area contributed by atoms with Gasteiger partial charge in [-0.3, -0.25) is 4.79 Å². The van der Waals surface area contributed by atoms with E-state index in [4.69, 9.17) is 0 Å². The molecule has 1 aliphatic carbocycles. The van der Waals surface area contributed by atoms with Gasteiger partial charge in [-0.25, -0.2) is 0 Å². The van der Waals surface area contributed by atoms with Crippen LogP contribution in [0.15, 0.2) is 0 Å². The molecule has 1 rings (SSSR count). The quantitative estimate of drug-likeness (QED) is 0.643. The van der Waals surface area contributed by atoms with Crippen molar-refractivity contribution in [2.24, 2.45) is 10.8 Å². The zero-order chi connectivity index (χ0) is 10.8. The summed E-state index contributed by atoms with van der Waals surface area (Å²) in [5.74, 6) is 0.218. The first-order valence-corrected chi connectivity index (χ1v) is 5.62. The Hall–Kier alpha value is -0.530. The first-order valence-electron chi connectivity index (χ1n) is 5.62. The normalized spacial score (nSPS) is 32.0. The van der Waals surface area contributed by atoms with Gasteiger partial charge in [0.2, 0.25) is 5.91 Å². The zero-order valence-electron chi connectivity index (χ0n) is 9.94. The lowest BCUT2D eigenvalue weighted by Gasteiger charge is -2.27. The summed E-state index contributed by atoms with van der Waals surface area (Å²) in [7, 11) is 1.74. The highest BCUT2D eigenvalue weighted by atomic mass is 16.2. The van der Waals surface area contributed by atoms with Crippen LogP contribution in [0.1, 0.15) is 52.9 Å². The van der Waals surface area contributed by atoms with Gasteiger partial charge in [0.15, 0.2) is 0 Å². The lowest BCUT2D eigenvalue weighted by atomic mass is 9.79. The van der Waals surface area contributed by atoms with Gasteiger partial charge in [0.25, 0.3) is 0 Å². The van der Waals surface area contributed by atoms with Crippen LogP contribution in [0.5, 0.6) is 0 Å². The van der Waals surface area contributed by atoms with Crippen molar-refractivity contribution in [1.29, 1.82) is 0 Å². The molecule has 0 bridgehead atoms. The Labute approximate surface area is 87.5 Å². The molecule has 0 aromatic rings. The van der Waals surface area contributed by atoms with Crippen molar-refractivity contribution in [2.75, 3.05) is 7.05 Å². The van der Waals surface area contributed by atoms with Crippen molar-refractivity contribution in [3.8, 4) is 0 Å². The van der Waals surface area contributed by atoms with Crippen LogP contribution in [0.25, 0.3) is 0 Å². The third-order valence-electron chi connectivity index (χ3n) is 3.71. The van der Waals surface area contributed by atoms with Crippen LogP contribution in [-0.2, 0) is 4.79 Å². The standard InChI is InChI=1S/C12H23NO/c1-11(2)6-5-7-12(3,9-8-11)10(14)13-4/h5-9H2,1-4H3,(H,13,14). The molecule has 1 amide bonds.